The maximum Gasteiger partial charge on any atom is 0.273 e. The molecule has 4 heterocycles. The largest absolute Gasteiger partial charge is 0.383 e. The zero-order valence-electron chi connectivity index (χ0n) is 17.6. The quantitative estimate of drug-likeness (QED) is 0.479. The summed E-state index contributed by atoms with van der Waals surface area (Å²) >= 11 is 6.21. The molecule has 3 atom stereocenters. The smallest absolute Gasteiger partial charge is 0.273 e. The number of nitrogens with zero attached hydrogens (tertiary/aromatic N) is 5. The van der Waals surface area contributed by atoms with Crippen LogP contribution in [0.25, 0.3) is 21.8 Å². The van der Waals surface area contributed by atoms with Crippen LogP contribution in [-0.4, -0.2) is 49.3 Å². The molecule has 0 bridgehead atoms. The highest BCUT2D eigenvalue weighted by Gasteiger charge is 2.44. The van der Waals surface area contributed by atoms with Crippen molar-refractivity contribution in [2.75, 3.05) is 12.3 Å². The predicted octanol–water partition coefficient (Wildman–Crippen LogP) is 3.28. The Labute approximate surface area is 188 Å². The van der Waals surface area contributed by atoms with E-state index in [1.165, 1.54) is 0 Å². The number of carbonyl (C=O) groups is 1. The van der Waals surface area contributed by atoms with Crippen LogP contribution in [0, 0.1) is 0 Å². The van der Waals surface area contributed by atoms with Crippen LogP contribution in [0.4, 0.5) is 5.82 Å². The molecule has 1 amide bonds. The summed E-state index contributed by atoms with van der Waals surface area (Å²) in [6, 6.07) is 7.47. The van der Waals surface area contributed by atoms with Crippen molar-refractivity contribution in [1.82, 2.24) is 24.6 Å². The van der Waals surface area contributed by atoms with Gasteiger partial charge in [0.1, 0.15) is 11.5 Å². The summed E-state index contributed by atoms with van der Waals surface area (Å²) in [5, 5.41) is 6.55. The van der Waals surface area contributed by atoms with Crippen LogP contribution in [0.5, 0.6) is 0 Å². The molecule has 1 aliphatic heterocycles. The van der Waals surface area contributed by atoms with E-state index in [1.54, 1.807) is 23.1 Å². The van der Waals surface area contributed by atoms with Crippen molar-refractivity contribution < 1.29 is 9.53 Å². The van der Waals surface area contributed by atoms with Gasteiger partial charge in [0, 0.05) is 30.4 Å². The van der Waals surface area contributed by atoms with Gasteiger partial charge in [0.2, 0.25) is 0 Å². The van der Waals surface area contributed by atoms with Crippen molar-refractivity contribution in [2.45, 2.75) is 31.6 Å². The second kappa shape index (κ2) is 6.88. The predicted molar refractivity (Wildman–Crippen MR) is 121 cm³/mol. The number of hydrogen-bond donors (Lipinski definition) is 1. The van der Waals surface area contributed by atoms with Crippen LogP contribution in [0.15, 0.2) is 36.7 Å². The summed E-state index contributed by atoms with van der Waals surface area (Å²) in [5.74, 6) is 0.263. The first-order chi connectivity index (χ1) is 15.4. The fourth-order valence-electron chi connectivity index (χ4n) is 5.13. The molecule has 6 rings (SSSR count). The fraction of sp³-hybridized carbons (Fsp3) is 0.304. The lowest BCUT2D eigenvalue weighted by Gasteiger charge is -2.41. The summed E-state index contributed by atoms with van der Waals surface area (Å²) in [6.07, 6.45) is 3.86. The molecule has 3 aromatic heterocycles. The minimum atomic E-state index is -0.162. The number of rotatable bonds is 1. The van der Waals surface area contributed by atoms with E-state index < -0.39 is 0 Å². The van der Waals surface area contributed by atoms with Gasteiger partial charge in [-0.05, 0) is 36.2 Å². The SMILES string of the molecule is C[C@H]1CN(C(=O)c2cc3c(cn2)nc(N)c2cnn(C)c23)[C@H]2c3ccc(Cl)cc3C[C@H]2O1. The van der Waals surface area contributed by atoms with Gasteiger partial charge in [-0.1, -0.05) is 17.7 Å². The molecule has 4 aromatic rings. The maximum atomic E-state index is 13.7. The summed E-state index contributed by atoms with van der Waals surface area (Å²) in [6.45, 7) is 2.48. The Kier molecular flexibility index (Phi) is 4.18. The van der Waals surface area contributed by atoms with E-state index in [2.05, 4.69) is 15.1 Å². The first-order valence-corrected chi connectivity index (χ1v) is 10.9. The van der Waals surface area contributed by atoms with E-state index in [0.717, 1.165) is 33.8 Å². The lowest BCUT2D eigenvalue weighted by Crippen LogP contribution is -2.50. The topological polar surface area (TPSA) is 99.2 Å². The maximum absolute atomic E-state index is 13.7. The number of nitrogens with two attached hydrogens (primary N) is 1. The number of aryl methyl sites for hydroxylation is 1. The monoisotopic (exact) mass is 448 g/mol. The molecule has 1 aromatic carbocycles. The lowest BCUT2D eigenvalue weighted by atomic mass is 10.0. The normalized spacial score (nSPS) is 22.3. The van der Waals surface area contributed by atoms with Crippen LogP contribution in [0.2, 0.25) is 5.02 Å². The number of amides is 1. The highest BCUT2D eigenvalue weighted by atomic mass is 35.5. The van der Waals surface area contributed by atoms with Crippen molar-refractivity contribution in [2.24, 2.45) is 7.05 Å². The van der Waals surface area contributed by atoms with Crippen LogP contribution in [-0.2, 0) is 18.2 Å². The van der Waals surface area contributed by atoms with Gasteiger partial charge in [0.15, 0.2) is 0 Å². The van der Waals surface area contributed by atoms with Crippen molar-refractivity contribution in [3.63, 3.8) is 0 Å². The molecule has 1 saturated heterocycles. The van der Waals surface area contributed by atoms with Crippen LogP contribution < -0.4 is 5.73 Å². The molecule has 2 aliphatic rings. The number of anilines is 1. The summed E-state index contributed by atoms with van der Waals surface area (Å²) < 4.78 is 7.95. The van der Waals surface area contributed by atoms with E-state index in [9.17, 15) is 4.79 Å². The van der Waals surface area contributed by atoms with Crippen LogP contribution >= 0.6 is 11.6 Å². The summed E-state index contributed by atoms with van der Waals surface area (Å²) in [4.78, 5) is 24.5. The first kappa shape index (κ1) is 19.5. The molecule has 9 heteroatoms. The van der Waals surface area contributed by atoms with Crippen molar-refractivity contribution >= 4 is 45.1 Å². The van der Waals surface area contributed by atoms with Crippen LogP contribution in [0.1, 0.15) is 34.6 Å². The Hall–Kier alpha value is -3.23. The van der Waals surface area contributed by atoms with E-state index in [0.29, 0.717) is 28.6 Å². The Morgan fingerprint density at radius 2 is 2.09 bits per heavy atom. The van der Waals surface area contributed by atoms with E-state index in [1.807, 2.05) is 37.1 Å². The second-order valence-corrected chi connectivity index (χ2v) is 8.99. The van der Waals surface area contributed by atoms with Gasteiger partial charge < -0.3 is 15.4 Å². The van der Waals surface area contributed by atoms with E-state index in [-0.39, 0.29) is 24.2 Å². The minimum absolute atomic E-state index is 0.0734. The highest BCUT2D eigenvalue weighted by Crippen LogP contribution is 2.42. The molecule has 162 valence electrons. The molecule has 0 spiro atoms. The first-order valence-electron chi connectivity index (χ1n) is 10.5. The molecule has 1 aliphatic carbocycles. The molecular formula is C23H21ClN6O2. The number of benzene rings is 1. The van der Waals surface area contributed by atoms with Gasteiger partial charge in [-0.2, -0.15) is 5.10 Å². The van der Waals surface area contributed by atoms with Gasteiger partial charge in [-0.3, -0.25) is 9.48 Å². The van der Waals surface area contributed by atoms with Gasteiger partial charge in [-0.15, -0.1) is 0 Å². The number of ether oxygens (including phenoxy) is 1. The zero-order chi connectivity index (χ0) is 22.1. The highest BCUT2D eigenvalue weighted by molar-refractivity contribution is 6.30. The molecule has 32 heavy (non-hydrogen) atoms. The van der Waals surface area contributed by atoms with Gasteiger partial charge >= 0.3 is 0 Å². The lowest BCUT2D eigenvalue weighted by molar-refractivity contribution is -0.0938. The number of fused-ring (bicyclic) bond motifs is 6. The van der Waals surface area contributed by atoms with Crippen molar-refractivity contribution in [3.8, 4) is 0 Å². The molecule has 8 nitrogen and oxygen atoms in total. The number of hydrogen-bond acceptors (Lipinski definition) is 6. The number of pyridine rings is 2. The molecule has 0 unspecified atom stereocenters. The Morgan fingerprint density at radius 3 is 2.94 bits per heavy atom. The fourth-order valence-corrected chi connectivity index (χ4v) is 5.32. The van der Waals surface area contributed by atoms with E-state index in [4.69, 9.17) is 22.1 Å². The Bertz CT molecular complexity index is 1420. The third-order valence-electron chi connectivity index (χ3n) is 6.47. The Morgan fingerprint density at radius 1 is 1.25 bits per heavy atom. The van der Waals surface area contributed by atoms with Crippen LogP contribution in [0.3, 0.4) is 0 Å². The molecule has 1 fully saturated rings. The number of halogens is 1. The average Bonchev–Trinajstić information content (AvgIpc) is 3.33. The Balaban J connectivity index is 1.46. The molecule has 2 N–H and O–H groups in total. The van der Waals surface area contributed by atoms with E-state index >= 15 is 0 Å². The van der Waals surface area contributed by atoms with Crippen molar-refractivity contribution in [3.05, 3.63) is 58.5 Å². The number of aromatic nitrogens is 4. The second-order valence-electron chi connectivity index (χ2n) is 8.55. The third kappa shape index (κ3) is 2.79. The molecule has 0 radical (unpaired) electrons. The molecular weight excluding hydrogens is 428 g/mol. The summed E-state index contributed by atoms with van der Waals surface area (Å²) in [5.41, 5.74) is 10.1. The molecule has 0 saturated carbocycles. The van der Waals surface area contributed by atoms with Gasteiger partial charge in [0.25, 0.3) is 5.91 Å². The van der Waals surface area contributed by atoms with Gasteiger partial charge in [0.05, 0.1) is 47.1 Å². The van der Waals surface area contributed by atoms with Crippen molar-refractivity contribution in [1.29, 1.82) is 0 Å². The van der Waals surface area contributed by atoms with Gasteiger partial charge in [-0.25, -0.2) is 9.97 Å². The summed E-state index contributed by atoms with van der Waals surface area (Å²) in [7, 11) is 1.85. The standard InChI is InChI=1S/C23H21ClN6O2/c1-11-10-30(21-14-4-3-13(24)5-12(14)6-19(21)32-11)23(31)17-7-15-18(9-26-17)28-22(25)16-8-27-29(2)20(15)16/h3-5,7-9,11,19,21H,6,10H2,1-2H3,(H2,25,28)/t11-,19+,21-/m0/s1. The average molecular weight is 449 g/mol. The zero-order valence-corrected chi connectivity index (χ0v) is 18.4. The number of morpholine rings is 1. The minimum Gasteiger partial charge on any atom is -0.383 e. The number of carbonyl (C=O) groups excluding carboxylic acids is 1. The number of nitrogen functional groups attached to an aromatic ring is 1. The third-order valence-corrected chi connectivity index (χ3v) is 6.70.